The molecule has 6 heteroatoms. The van der Waals surface area contributed by atoms with E-state index in [-0.39, 0.29) is 12.1 Å². The zero-order valence-corrected chi connectivity index (χ0v) is 12.6. The molecule has 0 fully saturated rings. The molecule has 2 aromatic rings. The molecule has 0 bridgehead atoms. The van der Waals surface area contributed by atoms with Crippen LogP contribution in [0.3, 0.4) is 0 Å². The van der Waals surface area contributed by atoms with Gasteiger partial charge < -0.3 is 14.8 Å². The number of hydrogen-bond donors (Lipinski definition) is 1. The third kappa shape index (κ3) is 5.03. The smallest absolute Gasteiger partial charge is 0.254 e. The lowest BCUT2D eigenvalue weighted by atomic mass is 10.1. The van der Waals surface area contributed by atoms with E-state index in [4.69, 9.17) is 9.47 Å². The van der Waals surface area contributed by atoms with Crippen molar-refractivity contribution in [2.45, 2.75) is 6.54 Å². The van der Waals surface area contributed by atoms with Crippen LogP contribution in [0.5, 0.6) is 5.75 Å². The molecular formula is C17H17F2NO3. The van der Waals surface area contributed by atoms with E-state index in [1.807, 2.05) is 6.07 Å². The van der Waals surface area contributed by atoms with Crippen LogP contribution in [-0.2, 0) is 11.3 Å². The van der Waals surface area contributed by atoms with Crippen LogP contribution in [0.1, 0.15) is 15.9 Å². The van der Waals surface area contributed by atoms with Crippen molar-refractivity contribution in [1.82, 2.24) is 5.32 Å². The molecule has 0 aliphatic carbocycles. The second kappa shape index (κ2) is 8.24. The third-order valence-corrected chi connectivity index (χ3v) is 3.08. The molecule has 0 aliphatic heterocycles. The van der Waals surface area contributed by atoms with Gasteiger partial charge in [0.1, 0.15) is 24.0 Å². The van der Waals surface area contributed by atoms with Crippen LogP contribution in [0.4, 0.5) is 8.78 Å². The predicted octanol–water partition coefficient (Wildman–Crippen LogP) is 2.92. The number of hydrogen-bond acceptors (Lipinski definition) is 3. The van der Waals surface area contributed by atoms with Crippen LogP contribution in [0.25, 0.3) is 0 Å². The number of methoxy groups -OCH3 is 1. The fraction of sp³-hybridized carbons (Fsp3) is 0.235. The quantitative estimate of drug-likeness (QED) is 0.798. The Morgan fingerprint density at radius 2 is 1.96 bits per heavy atom. The molecule has 23 heavy (non-hydrogen) atoms. The second-order valence-electron chi connectivity index (χ2n) is 4.80. The van der Waals surface area contributed by atoms with Gasteiger partial charge >= 0.3 is 0 Å². The van der Waals surface area contributed by atoms with E-state index in [0.717, 1.165) is 17.7 Å². The largest absolute Gasteiger partial charge is 0.491 e. The number of carbonyl (C=O) groups is 1. The van der Waals surface area contributed by atoms with Gasteiger partial charge in [0.05, 0.1) is 12.2 Å². The van der Waals surface area contributed by atoms with Crippen molar-refractivity contribution in [3.05, 3.63) is 65.2 Å². The first-order valence-corrected chi connectivity index (χ1v) is 7.04. The van der Waals surface area contributed by atoms with Gasteiger partial charge in [-0.15, -0.1) is 0 Å². The summed E-state index contributed by atoms with van der Waals surface area (Å²) in [6.07, 6.45) is 0. The molecule has 0 unspecified atom stereocenters. The zero-order valence-electron chi connectivity index (χ0n) is 12.6. The summed E-state index contributed by atoms with van der Waals surface area (Å²) in [6, 6.07) is 10.0. The molecule has 0 atom stereocenters. The Hall–Kier alpha value is -2.47. The molecular weight excluding hydrogens is 304 g/mol. The van der Waals surface area contributed by atoms with Crippen molar-refractivity contribution in [1.29, 1.82) is 0 Å². The molecule has 0 heterocycles. The standard InChI is InChI=1S/C17H17F2NO3/c1-22-7-8-23-14-4-2-3-12(9-14)11-20-17(21)15-6-5-13(18)10-16(15)19/h2-6,9-10H,7-8,11H2,1H3,(H,20,21). The molecule has 2 aromatic carbocycles. The van der Waals surface area contributed by atoms with E-state index in [1.165, 1.54) is 0 Å². The summed E-state index contributed by atoms with van der Waals surface area (Å²) in [5, 5.41) is 2.59. The Morgan fingerprint density at radius 1 is 1.13 bits per heavy atom. The Morgan fingerprint density at radius 3 is 2.70 bits per heavy atom. The zero-order chi connectivity index (χ0) is 16.7. The lowest BCUT2D eigenvalue weighted by Gasteiger charge is -2.09. The second-order valence-corrected chi connectivity index (χ2v) is 4.80. The van der Waals surface area contributed by atoms with Gasteiger partial charge in [-0.25, -0.2) is 8.78 Å². The maximum atomic E-state index is 13.5. The number of amides is 1. The van der Waals surface area contributed by atoms with Crippen molar-refractivity contribution in [3.8, 4) is 5.75 Å². The Kier molecular flexibility index (Phi) is 6.05. The van der Waals surface area contributed by atoms with E-state index in [9.17, 15) is 13.6 Å². The summed E-state index contributed by atoms with van der Waals surface area (Å²) in [4.78, 5) is 11.9. The predicted molar refractivity (Wildman–Crippen MR) is 81.3 cm³/mol. The van der Waals surface area contributed by atoms with Gasteiger partial charge in [-0.1, -0.05) is 12.1 Å². The number of benzene rings is 2. The first-order valence-electron chi connectivity index (χ1n) is 7.04. The molecule has 0 spiro atoms. The van der Waals surface area contributed by atoms with Crippen molar-refractivity contribution in [2.24, 2.45) is 0 Å². The van der Waals surface area contributed by atoms with Crippen LogP contribution >= 0.6 is 0 Å². The van der Waals surface area contributed by atoms with Crippen molar-refractivity contribution < 1.29 is 23.0 Å². The highest BCUT2D eigenvalue weighted by Gasteiger charge is 2.12. The molecule has 1 N–H and O–H groups in total. The van der Waals surface area contributed by atoms with E-state index in [0.29, 0.717) is 25.0 Å². The van der Waals surface area contributed by atoms with E-state index in [2.05, 4.69) is 5.32 Å². The highest BCUT2D eigenvalue weighted by atomic mass is 19.1. The van der Waals surface area contributed by atoms with Gasteiger partial charge in [0.25, 0.3) is 5.91 Å². The molecule has 0 saturated carbocycles. The first kappa shape index (κ1) is 16.9. The molecule has 1 amide bonds. The minimum Gasteiger partial charge on any atom is -0.491 e. The molecule has 2 rings (SSSR count). The first-order chi connectivity index (χ1) is 11.1. The van der Waals surface area contributed by atoms with Gasteiger partial charge in [0.15, 0.2) is 0 Å². The number of halogens is 2. The van der Waals surface area contributed by atoms with Crippen LogP contribution in [0, 0.1) is 11.6 Å². The van der Waals surface area contributed by atoms with Crippen LogP contribution < -0.4 is 10.1 Å². The molecule has 0 saturated heterocycles. The maximum absolute atomic E-state index is 13.5. The number of carbonyl (C=O) groups excluding carboxylic acids is 1. The molecule has 0 aliphatic rings. The van der Waals surface area contributed by atoms with Crippen molar-refractivity contribution in [2.75, 3.05) is 20.3 Å². The van der Waals surface area contributed by atoms with Crippen molar-refractivity contribution in [3.63, 3.8) is 0 Å². The maximum Gasteiger partial charge on any atom is 0.254 e. The van der Waals surface area contributed by atoms with Crippen molar-refractivity contribution >= 4 is 5.91 Å². The fourth-order valence-corrected chi connectivity index (χ4v) is 1.94. The monoisotopic (exact) mass is 321 g/mol. The summed E-state index contributed by atoms with van der Waals surface area (Å²) in [5.41, 5.74) is 0.606. The third-order valence-electron chi connectivity index (χ3n) is 3.08. The summed E-state index contributed by atoms with van der Waals surface area (Å²) >= 11 is 0. The highest BCUT2D eigenvalue weighted by Crippen LogP contribution is 2.14. The molecule has 4 nitrogen and oxygen atoms in total. The van der Waals surface area contributed by atoms with Gasteiger partial charge in [-0.05, 0) is 29.8 Å². The average Bonchev–Trinajstić information content (AvgIpc) is 2.53. The Labute approximate surface area is 133 Å². The summed E-state index contributed by atoms with van der Waals surface area (Å²) in [5.74, 6) is -1.56. The SMILES string of the molecule is COCCOc1cccc(CNC(=O)c2ccc(F)cc2F)c1. The highest BCUT2D eigenvalue weighted by molar-refractivity contribution is 5.94. The van der Waals surface area contributed by atoms with E-state index >= 15 is 0 Å². The topological polar surface area (TPSA) is 47.6 Å². The van der Waals surface area contributed by atoms with E-state index in [1.54, 1.807) is 25.3 Å². The van der Waals surface area contributed by atoms with Crippen LogP contribution in [0.2, 0.25) is 0 Å². The van der Waals surface area contributed by atoms with Crippen LogP contribution in [-0.4, -0.2) is 26.2 Å². The minimum absolute atomic E-state index is 0.195. The van der Waals surface area contributed by atoms with Gasteiger partial charge in [-0.2, -0.15) is 0 Å². The normalized spacial score (nSPS) is 10.4. The van der Waals surface area contributed by atoms with Crippen LogP contribution in [0.15, 0.2) is 42.5 Å². The fourth-order valence-electron chi connectivity index (χ4n) is 1.94. The van der Waals surface area contributed by atoms with E-state index < -0.39 is 17.5 Å². The summed E-state index contributed by atoms with van der Waals surface area (Å²) in [6.45, 7) is 1.11. The van der Waals surface area contributed by atoms with Gasteiger partial charge in [-0.3, -0.25) is 4.79 Å². The Bertz CT molecular complexity index is 677. The number of nitrogens with one attached hydrogen (secondary N) is 1. The lowest BCUT2D eigenvalue weighted by molar-refractivity contribution is 0.0946. The lowest BCUT2D eigenvalue weighted by Crippen LogP contribution is -2.23. The number of rotatable bonds is 7. The number of ether oxygens (including phenoxy) is 2. The minimum atomic E-state index is -0.890. The van der Waals surface area contributed by atoms with Gasteiger partial charge in [0, 0.05) is 19.7 Å². The molecule has 0 radical (unpaired) electrons. The molecule has 0 aromatic heterocycles. The molecule has 122 valence electrons. The summed E-state index contributed by atoms with van der Waals surface area (Å²) in [7, 11) is 1.59. The summed E-state index contributed by atoms with van der Waals surface area (Å²) < 4.78 is 36.7. The average molecular weight is 321 g/mol. The Balaban J connectivity index is 1.94. The van der Waals surface area contributed by atoms with Gasteiger partial charge in [0.2, 0.25) is 0 Å².